The summed E-state index contributed by atoms with van der Waals surface area (Å²) in [5, 5.41) is 0. The molecule has 0 spiro atoms. The maximum atomic E-state index is 9.40. The van der Waals surface area contributed by atoms with Crippen molar-refractivity contribution in [1.29, 1.82) is 0 Å². The first kappa shape index (κ1) is 159. The summed E-state index contributed by atoms with van der Waals surface area (Å²) < 4.78 is 56.9. The maximum absolute atomic E-state index is 9.40. The first-order chi connectivity index (χ1) is 3.71. The zero-order valence-electron chi connectivity index (χ0n) is 10.9. The Morgan fingerprint density at radius 1 is 0.609 bits per heavy atom. The minimum absolute atomic E-state index is 0. The standard InChI is InChI=1S/Ba.H2O7S2.13H2O/c;1-8(2,3)7-9(4,5)6;;;;;;;;;;;;;/h;(H,1,2,3)(H,4,5,6);13*1H2/q+2;;;;;;;;;;;;;;/p-2. The number of hydrogen-bond acceptors (Lipinski definition) is 7. The van der Waals surface area contributed by atoms with E-state index in [0.29, 0.717) is 0 Å². The van der Waals surface area contributed by atoms with Gasteiger partial charge in [-0.15, -0.1) is 3.63 Å². The molecule has 26 N–H and O–H groups in total. The van der Waals surface area contributed by atoms with Crippen LogP contribution in [0.3, 0.4) is 0 Å². The first-order valence-electron chi connectivity index (χ1n) is 1.35. The molecule has 0 aliphatic heterocycles. The molecule has 0 saturated carbocycles. The molecule has 23 heteroatoms. The van der Waals surface area contributed by atoms with Crippen LogP contribution >= 0.6 is 0 Å². The minimum atomic E-state index is -5.37. The van der Waals surface area contributed by atoms with Gasteiger partial charge < -0.3 is 75.7 Å². The van der Waals surface area contributed by atoms with Crippen molar-refractivity contribution in [3.8, 4) is 0 Å². The molecular weight excluding hydrogens is 521 g/mol. The molecule has 0 aliphatic carbocycles. The van der Waals surface area contributed by atoms with E-state index in [-0.39, 0.29) is 120 Å². The molecule has 0 saturated heterocycles. The summed E-state index contributed by atoms with van der Waals surface area (Å²) in [6.45, 7) is 0. The van der Waals surface area contributed by atoms with Crippen LogP contribution in [0.1, 0.15) is 0 Å². The van der Waals surface area contributed by atoms with E-state index in [1.165, 1.54) is 0 Å². The van der Waals surface area contributed by atoms with Crippen LogP contribution in [0, 0.1) is 0 Å². The van der Waals surface area contributed by atoms with E-state index < -0.39 is 20.8 Å². The SMILES string of the molecule is O.O.O.O.O.O.O.O.O.O.O.O.O=S(=O)([O-])OS(=O)(=O)O.[Ba+2].[OH-]. The van der Waals surface area contributed by atoms with Crippen molar-refractivity contribution in [2.24, 2.45) is 0 Å². The molecule has 0 rings (SSSR count). The van der Waals surface area contributed by atoms with Gasteiger partial charge in [0.2, 0.25) is 10.4 Å². The topological polar surface area (TPSA) is 529 Å². The van der Waals surface area contributed by atoms with E-state index in [1.807, 2.05) is 0 Å². The predicted octanol–water partition coefficient (Wildman–Crippen LogP) is -12.2. The van der Waals surface area contributed by atoms with Crippen molar-refractivity contribution >= 4 is 69.7 Å². The van der Waals surface area contributed by atoms with E-state index in [4.69, 9.17) is 4.55 Å². The molecule has 0 aliphatic rings. The Kier molecular flexibility index (Phi) is 394. The average Bonchev–Trinajstić information content (AvgIpc) is 1.14. The molecule has 0 heterocycles. The molecule has 23 heavy (non-hydrogen) atoms. The van der Waals surface area contributed by atoms with Gasteiger partial charge in [0, 0.05) is 0 Å². The molecular formula is H26BaO20S2. The van der Waals surface area contributed by atoms with Gasteiger partial charge in [-0.25, -0.2) is 8.42 Å². The Morgan fingerprint density at radius 2 is 0.739 bits per heavy atom. The second-order valence-electron chi connectivity index (χ2n) is 0.904. The van der Waals surface area contributed by atoms with Gasteiger partial charge >= 0.3 is 59.3 Å². The molecule has 0 bridgehead atoms. The third-order valence-corrected chi connectivity index (χ3v) is 1.52. The largest absolute Gasteiger partial charge is 2.00 e. The smallest absolute Gasteiger partial charge is 0.870 e. The summed E-state index contributed by atoms with van der Waals surface area (Å²) in [4.78, 5) is 0. The second-order valence-corrected chi connectivity index (χ2v) is 3.12. The van der Waals surface area contributed by atoms with Crippen molar-refractivity contribution in [3.63, 3.8) is 0 Å². The Balaban J connectivity index is -0.00000000352. The van der Waals surface area contributed by atoms with Gasteiger partial charge in [-0.3, -0.25) is 4.55 Å². The summed E-state index contributed by atoms with van der Waals surface area (Å²) in [5.41, 5.74) is 0. The maximum Gasteiger partial charge on any atom is 2.00 e. The van der Waals surface area contributed by atoms with Crippen LogP contribution in [-0.4, -0.2) is 146 Å². The Bertz CT molecular complexity index is 241. The fraction of sp³-hybridized carbons (Fsp3) is 0. The zero-order chi connectivity index (χ0) is 7.71. The van der Waals surface area contributed by atoms with Crippen molar-refractivity contribution in [2.45, 2.75) is 0 Å². The van der Waals surface area contributed by atoms with Crippen LogP contribution in [-0.2, 0) is 24.4 Å². The molecule has 0 amide bonds. The molecule has 0 aromatic carbocycles. The van der Waals surface area contributed by atoms with Gasteiger partial charge in [0.1, 0.15) is 0 Å². The summed E-state index contributed by atoms with van der Waals surface area (Å²) in [6, 6.07) is 0. The average molecular weight is 548 g/mol. The van der Waals surface area contributed by atoms with Gasteiger partial charge in [0.05, 0.1) is 0 Å². The molecule has 0 aromatic heterocycles. The molecule has 160 valence electrons. The van der Waals surface area contributed by atoms with Crippen molar-refractivity contribution in [3.05, 3.63) is 0 Å². The number of rotatable bonds is 2. The fourth-order valence-electron chi connectivity index (χ4n) is 0.105. The van der Waals surface area contributed by atoms with Crippen LogP contribution in [0.5, 0.6) is 0 Å². The van der Waals surface area contributed by atoms with Crippen molar-refractivity contribution in [2.75, 3.05) is 0 Å². The summed E-state index contributed by atoms with van der Waals surface area (Å²) in [7, 11) is -10.6. The van der Waals surface area contributed by atoms with E-state index in [2.05, 4.69) is 3.63 Å². The van der Waals surface area contributed by atoms with E-state index >= 15 is 0 Å². The molecule has 0 radical (unpaired) electrons. The molecule has 20 nitrogen and oxygen atoms in total. The molecule has 0 atom stereocenters. The normalized spacial score (nSPS) is 5.30. The fourth-order valence-corrected chi connectivity index (χ4v) is 0.948. The van der Waals surface area contributed by atoms with Gasteiger partial charge in [-0.1, -0.05) is 0 Å². The van der Waals surface area contributed by atoms with Gasteiger partial charge in [0.25, 0.3) is 0 Å². The predicted molar refractivity (Wildman–Crippen MR) is 73.4 cm³/mol. The third-order valence-electron chi connectivity index (χ3n) is 0.169. The van der Waals surface area contributed by atoms with Crippen LogP contribution < -0.4 is 0 Å². The minimum Gasteiger partial charge on any atom is -0.870 e. The molecule has 0 unspecified atom stereocenters. The summed E-state index contributed by atoms with van der Waals surface area (Å²) in [5.74, 6) is 0. The second kappa shape index (κ2) is 56.9. The van der Waals surface area contributed by atoms with E-state index in [0.717, 1.165) is 0 Å². The van der Waals surface area contributed by atoms with Crippen molar-refractivity contribution < 1.29 is 101 Å². The quantitative estimate of drug-likeness (QED) is 0.196. The van der Waals surface area contributed by atoms with Gasteiger partial charge in [0.15, 0.2) is 0 Å². The van der Waals surface area contributed by atoms with Gasteiger partial charge in [-0.2, -0.15) is 8.42 Å². The first-order valence-corrected chi connectivity index (χ1v) is 4.05. The zero-order valence-corrected chi connectivity index (χ0v) is 16.9. The van der Waals surface area contributed by atoms with E-state index in [9.17, 15) is 21.4 Å². The monoisotopic (exact) mass is 548 g/mol. The Morgan fingerprint density at radius 3 is 0.739 bits per heavy atom. The molecule has 0 aromatic rings. The van der Waals surface area contributed by atoms with Crippen molar-refractivity contribution in [1.82, 2.24) is 0 Å². The van der Waals surface area contributed by atoms with Crippen LogP contribution in [0.25, 0.3) is 0 Å². The molecule has 0 fully saturated rings. The Labute approximate surface area is 169 Å². The van der Waals surface area contributed by atoms with Gasteiger partial charge in [-0.05, 0) is 0 Å². The summed E-state index contributed by atoms with van der Waals surface area (Å²) in [6.07, 6.45) is 0. The summed E-state index contributed by atoms with van der Waals surface area (Å²) >= 11 is 0. The van der Waals surface area contributed by atoms with E-state index in [1.54, 1.807) is 0 Å². The van der Waals surface area contributed by atoms with Crippen LogP contribution in [0.15, 0.2) is 0 Å². The van der Waals surface area contributed by atoms with Crippen LogP contribution in [0.4, 0.5) is 0 Å². The number of hydrogen-bond donors (Lipinski definition) is 1. The Hall–Kier alpha value is 0.831. The third kappa shape index (κ3) is 212. The van der Waals surface area contributed by atoms with Crippen LogP contribution in [0.2, 0.25) is 0 Å².